The lowest BCUT2D eigenvalue weighted by Crippen LogP contribution is -2.44. The number of nitrogens with zero attached hydrogens (tertiary/aromatic N) is 6. The summed E-state index contributed by atoms with van der Waals surface area (Å²) in [5, 5.41) is 52.3. The topological polar surface area (TPSA) is 189 Å². The predicted octanol–water partition coefficient (Wildman–Crippen LogP) is -2.14. The van der Waals surface area contributed by atoms with Gasteiger partial charge in [-0.05, 0) is 42.3 Å². The average molecular weight is 433 g/mol. The lowest BCUT2D eigenvalue weighted by atomic mass is 10.1. The summed E-state index contributed by atoms with van der Waals surface area (Å²) in [5.41, 5.74) is 1.03. The van der Waals surface area contributed by atoms with Crippen molar-refractivity contribution in [2.24, 2.45) is 7.05 Å². The molecule has 0 saturated heterocycles. The fraction of sp³-hybridized carbons (Fsp3) is 0.444. The molecule has 166 valence electrons. The van der Waals surface area contributed by atoms with E-state index >= 15 is 0 Å². The predicted molar refractivity (Wildman–Crippen MR) is 107 cm³/mol. The van der Waals surface area contributed by atoms with E-state index in [9.17, 15) is 24.9 Å². The van der Waals surface area contributed by atoms with E-state index in [-0.39, 0.29) is 5.95 Å². The Kier molecular flexibility index (Phi) is 6.40. The number of aromatic nitrogens is 6. The first-order valence-corrected chi connectivity index (χ1v) is 9.34. The molecule has 0 radical (unpaired) electrons. The Morgan fingerprint density at radius 2 is 1.84 bits per heavy atom. The zero-order chi connectivity index (χ0) is 22.9. The molecule has 0 bridgehead atoms. The van der Waals surface area contributed by atoms with Crippen molar-refractivity contribution < 1.29 is 25.2 Å². The fourth-order valence-corrected chi connectivity index (χ4v) is 2.98. The first-order valence-electron chi connectivity index (χ1n) is 9.34. The molecule has 0 saturated carbocycles. The number of rotatable bonds is 7. The van der Waals surface area contributed by atoms with Gasteiger partial charge in [0.05, 0.1) is 31.2 Å². The van der Waals surface area contributed by atoms with Crippen LogP contribution in [-0.4, -0.2) is 81.0 Å². The number of carbonyl (C=O) groups excluding carboxylic acids is 1. The lowest BCUT2D eigenvalue weighted by molar-refractivity contribution is -0.0805. The summed E-state index contributed by atoms with van der Waals surface area (Å²) in [6.45, 7) is 2.43. The van der Waals surface area contributed by atoms with Crippen LogP contribution in [-0.2, 0) is 13.6 Å². The lowest BCUT2D eigenvalue weighted by Gasteiger charge is -2.23. The molecule has 3 aromatic rings. The van der Waals surface area contributed by atoms with Crippen LogP contribution in [0.1, 0.15) is 21.6 Å². The van der Waals surface area contributed by atoms with Crippen molar-refractivity contribution in [3.63, 3.8) is 0 Å². The van der Waals surface area contributed by atoms with E-state index in [1.165, 1.54) is 7.05 Å². The van der Waals surface area contributed by atoms with E-state index in [0.29, 0.717) is 11.0 Å². The minimum Gasteiger partial charge on any atom is -0.394 e. The van der Waals surface area contributed by atoms with Crippen molar-refractivity contribution in [3.05, 3.63) is 39.3 Å². The number of nitrogens with one attached hydrogen (secondary N) is 1. The molecule has 0 fully saturated rings. The third-order valence-electron chi connectivity index (χ3n) is 4.86. The average Bonchev–Trinajstić information content (AvgIpc) is 3.14. The second-order valence-corrected chi connectivity index (χ2v) is 7.17. The minimum atomic E-state index is -1.72. The molecule has 0 unspecified atom stereocenters. The Hall–Kier alpha value is -3.26. The van der Waals surface area contributed by atoms with Gasteiger partial charge in [-0.1, -0.05) is 5.10 Å². The summed E-state index contributed by atoms with van der Waals surface area (Å²) in [5.74, 6) is -1.00. The molecule has 5 N–H and O–H groups in total. The maximum absolute atomic E-state index is 13.1. The van der Waals surface area contributed by atoms with Crippen LogP contribution in [0, 0.1) is 13.8 Å². The Morgan fingerprint density at radius 3 is 2.45 bits per heavy atom. The van der Waals surface area contributed by atoms with E-state index in [4.69, 9.17) is 5.11 Å². The highest BCUT2D eigenvalue weighted by Gasteiger charge is 2.27. The standard InChI is InChI=1S/C18H23N7O6/c1-8-4-10-11(5-9(8)2)25(6-12(27)15(29)13(28)7-26)17(31)14(19-10)16(30)20-18-21-23-24(3)22-18/h4-5,12-13,15,26-29H,6-7H2,1-3H3,(H,20,22,30)/t12-,13+,15-/m0/s1. The summed E-state index contributed by atoms with van der Waals surface area (Å²) in [4.78, 5) is 31.1. The molecule has 3 rings (SSSR count). The van der Waals surface area contributed by atoms with Crippen LogP contribution in [0.4, 0.5) is 5.95 Å². The number of amides is 1. The van der Waals surface area contributed by atoms with Crippen LogP contribution in [0.5, 0.6) is 0 Å². The van der Waals surface area contributed by atoms with Gasteiger partial charge in [0.1, 0.15) is 18.3 Å². The number of tetrazole rings is 1. The molecular formula is C18H23N7O6. The molecular weight excluding hydrogens is 410 g/mol. The minimum absolute atomic E-state index is 0.123. The van der Waals surface area contributed by atoms with Gasteiger partial charge in [0.25, 0.3) is 17.4 Å². The van der Waals surface area contributed by atoms with Gasteiger partial charge in [-0.15, -0.1) is 5.10 Å². The largest absolute Gasteiger partial charge is 0.394 e. The second kappa shape index (κ2) is 8.85. The fourth-order valence-electron chi connectivity index (χ4n) is 2.98. The van der Waals surface area contributed by atoms with Gasteiger partial charge < -0.3 is 25.0 Å². The zero-order valence-corrected chi connectivity index (χ0v) is 17.1. The normalized spacial score (nSPS) is 14.4. The molecule has 0 aliphatic rings. The number of benzene rings is 1. The van der Waals surface area contributed by atoms with E-state index in [1.54, 1.807) is 12.1 Å². The zero-order valence-electron chi connectivity index (χ0n) is 17.1. The monoisotopic (exact) mass is 433 g/mol. The number of hydrogen-bond acceptors (Lipinski definition) is 10. The Morgan fingerprint density at radius 1 is 1.16 bits per heavy atom. The molecule has 13 nitrogen and oxygen atoms in total. The van der Waals surface area contributed by atoms with E-state index < -0.39 is 48.6 Å². The molecule has 13 heteroatoms. The molecule has 2 aromatic heterocycles. The summed E-state index contributed by atoms with van der Waals surface area (Å²) in [7, 11) is 1.50. The van der Waals surface area contributed by atoms with Gasteiger partial charge in [0.15, 0.2) is 5.69 Å². The van der Waals surface area contributed by atoms with Crippen LogP contribution >= 0.6 is 0 Å². The summed E-state index contributed by atoms with van der Waals surface area (Å²) < 4.78 is 1.09. The van der Waals surface area contributed by atoms with E-state index in [1.807, 2.05) is 13.8 Å². The Bertz CT molecular complexity index is 1170. The first-order chi connectivity index (χ1) is 14.6. The number of carbonyl (C=O) groups is 1. The van der Waals surface area contributed by atoms with Crippen LogP contribution in [0.25, 0.3) is 11.0 Å². The SMILES string of the molecule is Cc1cc2nc(C(=O)Nc3nnn(C)n3)c(=O)n(C[C@H](O)[C@H](O)[C@H](O)CO)c2cc1C. The highest BCUT2D eigenvalue weighted by atomic mass is 16.4. The number of aliphatic hydroxyl groups is 4. The molecule has 0 aliphatic heterocycles. The third kappa shape index (κ3) is 4.59. The third-order valence-corrected chi connectivity index (χ3v) is 4.86. The number of aliphatic hydroxyl groups excluding tert-OH is 4. The summed E-state index contributed by atoms with van der Waals surface area (Å²) in [6, 6.07) is 3.36. The van der Waals surface area contributed by atoms with Crippen molar-refractivity contribution >= 4 is 22.9 Å². The Labute approximate surface area is 175 Å². The van der Waals surface area contributed by atoms with Gasteiger partial charge in [0, 0.05) is 0 Å². The molecule has 1 aromatic carbocycles. The Balaban J connectivity index is 2.09. The maximum atomic E-state index is 13.1. The number of hydrogen-bond donors (Lipinski definition) is 5. The molecule has 2 heterocycles. The van der Waals surface area contributed by atoms with Crippen LogP contribution in [0.2, 0.25) is 0 Å². The molecule has 1 amide bonds. The van der Waals surface area contributed by atoms with Crippen molar-refractivity contribution in [2.75, 3.05) is 11.9 Å². The molecule has 3 atom stereocenters. The number of anilines is 1. The highest BCUT2D eigenvalue weighted by Crippen LogP contribution is 2.18. The summed E-state index contributed by atoms with van der Waals surface area (Å²) in [6.07, 6.45) is -4.93. The molecule has 0 aliphatic carbocycles. The van der Waals surface area contributed by atoms with Crippen LogP contribution in [0.3, 0.4) is 0 Å². The van der Waals surface area contributed by atoms with Gasteiger partial charge in [0.2, 0.25) is 0 Å². The highest BCUT2D eigenvalue weighted by molar-refractivity contribution is 6.02. The summed E-state index contributed by atoms with van der Waals surface area (Å²) >= 11 is 0. The first kappa shape index (κ1) is 22.4. The number of aryl methyl sites for hydroxylation is 3. The van der Waals surface area contributed by atoms with E-state index in [2.05, 4.69) is 25.7 Å². The van der Waals surface area contributed by atoms with Crippen molar-refractivity contribution in [1.29, 1.82) is 0 Å². The van der Waals surface area contributed by atoms with Crippen LogP contribution in [0.15, 0.2) is 16.9 Å². The molecule has 0 spiro atoms. The van der Waals surface area contributed by atoms with Gasteiger partial charge in [-0.2, -0.15) is 4.80 Å². The van der Waals surface area contributed by atoms with Gasteiger partial charge in [-0.3, -0.25) is 14.9 Å². The second-order valence-electron chi connectivity index (χ2n) is 7.17. The smallest absolute Gasteiger partial charge is 0.282 e. The molecule has 31 heavy (non-hydrogen) atoms. The maximum Gasteiger partial charge on any atom is 0.282 e. The van der Waals surface area contributed by atoms with Gasteiger partial charge >= 0.3 is 0 Å². The van der Waals surface area contributed by atoms with Crippen LogP contribution < -0.4 is 10.9 Å². The quantitative estimate of drug-likeness (QED) is 0.275. The van der Waals surface area contributed by atoms with E-state index in [0.717, 1.165) is 20.5 Å². The van der Waals surface area contributed by atoms with Gasteiger partial charge in [-0.25, -0.2) is 4.98 Å². The number of fused-ring (bicyclic) bond motifs is 1. The van der Waals surface area contributed by atoms with Crippen molar-refractivity contribution in [1.82, 2.24) is 29.8 Å². The van der Waals surface area contributed by atoms with Crippen molar-refractivity contribution in [3.8, 4) is 0 Å². The van der Waals surface area contributed by atoms with Crippen molar-refractivity contribution in [2.45, 2.75) is 38.7 Å².